The summed E-state index contributed by atoms with van der Waals surface area (Å²) in [7, 11) is 1.61. The van der Waals surface area contributed by atoms with Crippen molar-refractivity contribution in [2.75, 3.05) is 20.1 Å². The number of fused-ring (bicyclic) bond motifs is 1. The second kappa shape index (κ2) is 12.4. The molecular weight excluding hydrogens is 516 g/mol. The van der Waals surface area contributed by atoms with Crippen molar-refractivity contribution >= 4 is 22.8 Å². The molecule has 1 aromatic heterocycles. The Labute approximate surface area is 239 Å². The second-order valence-corrected chi connectivity index (χ2v) is 10.6. The van der Waals surface area contributed by atoms with Crippen LogP contribution in [0.1, 0.15) is 53.8 Å². The summed E-state index contributed by atoms with van der Waals surface area (Å²) in [6.45, 7) is 3.73. The summed E-state index contributed by atoms with van der Waals surface area (Å²) in [5.41, 5.74) is 2.67. The van der Waals surface area contributed by atoms with Gasteiger partial charge in [0.15, 0.2) is 0 Å². The smallest absolute Gasteiger partial charge is 0.407 e. The topological polar surface area (TPSA) is 94.9 Å². The molecule has 0 bridgehead atoms. The van der Waals surface area contributed by atoms with Crippen LogP contribution in [0.5, 0.6) is 0 Å². The van der Waals surface area contributed by atoms with Gasteiger partial charge in [-0.3, -0.25) is 19.1 Å². The van der Waals surface area contributed by atoms with Gasteiger partial charge in [0.25, 0.3) is 11.5 Å². The largest absolute Gasteiger partial charge is 0.465 e. The second-order valence-electron chi connectivity index (χ2n) is 10.6. The van der Waals surface area contributed by atoms with Crippen molar-refractivity contribution in [2.24, 2.45) is 0 Å². The minimum absolute atomic E-state index is 0.0596. The van der Waals surface area contributed by atoms with Gasteiger partial charge in [0.1, 0.15) is 0 Å². The van der Waals surface area contributed by atoms with Gasteiger partial charge in [-0.25, -0.2) is 4.79 Å². The Hall–Kier alpha value is -4.43. The van der Waals surface area contributed by atoms with Crippen LogP contribution in [0.3, 0.4) is 0 Å². The van der Waals surface area contributed by atoms with E-state index >= 15 is 0 Å². The fourth-order valence-electron chi connectivity index (χ4n) is 5.82. The molecular formula is C33H36N4O4. The quantitative estimate of drug-likeness (QED) is 0.303. The molecule has 3 aromatic carbocycles. The number of aromatic nitrogens is 1. The molecule has 41 heavy (non-hydrogen) atoms. The van der Waals surface area contributed by atoms with E-state index < -0.39 is 6.09 Å². The Morgan fingerprint density at radius 3 is 2.12 bits per heavy atom. The Balaban J connectivity index is 1.61. The molecule has 1 saturated heterocycles. The maximum atomic E-state index is 14.3. The highest BCUT2D eigenvalue weighted by Crippen LogP contribution is 2.27. The minimum Gasteiger partial charge on any atom is -0.465 e. The molecule has 0 radical (unpaired) electrons. The number of likely N-dealkylation sites (tertiary alicyclic amines) is 1. The molecule has 2 heterocycles. The number of carbonyl (C=O) groups excluding carboxylic acids is 1. The number of carbonyl (C=O) groups is 2. The molecule has 4 aromatic rings. The van der Waals surface area contributed by atoms with Crippen LogP contribution in [-0.2, 0) is 6.54 Å². The third-order valence-electron chi connectivity index (χ3n) is 8.13. The van der Waals surface area contributed by atoms with Gasteiger partial charge >= 0.3 is 6.09 Å². The lowest BCUT2D eigenvalue weighted by Crippen LogP contribution is -2.45. The van der Waals surface area contributed by atoms with Crippen LogP contribution in [0.25, 0.3) is 16.5 Å². The van der Waals surface area contributed by atoms with Crippen LogP contribution in [0.15, 0.2) is 89.7 Å². The Bertz CT molecular complexity index is 1580. The Morgan fingerprint density at radius 1 is 0.927 bits per heavy atom. The Morgan fingerprint density at radius 2 is 1.51 bits per heavy atom. The number of para-hydroxylation sites is 1. The monoisotopic (exact) mass is 552 g/mol. The van der Waals surface area contributed by atoms with Crippen LogP contribution in [-0.4, -0.2) is 57.7 Å². The summed E-state index contributed by atoms with van der Waals surface area (Å²) in [5.74, 6) is -0.225. The van der Waals surface area contributed by atoms with E-state index in [1.165, 1.54) is 4.90 Å². The molecule has 1 aliphatic heterocycles. The van der Waals surface area contributed by atoms with Gasteiger partial charge in [-0.2, -0.15) is 0 Å². The first-order valence-electron chi connectivity index (χ1n) is 14.1. The highest BCUT2D eigenvalue weighted by Gasteiger charge is 2.29. The molecule has 0 aliphatic carbocycles. The molecule has 8 nitrogen and oxygen atoms in total. The molecule has 2 amide bonds. The number of rotatable bonds is 8. The number of carboxylic acid groups (broad SMARTS) is 1. The number of amides is 2. The van der Waals surface area contributed by atoms with Crippen molar-refractivity contribution in [3.8, 4) is 5.69 Å². The van der Waals surface area contributed by atoms with Crippen molar-refractivity contribution in [1.29, 1.82) is 0 Å². The highest BCUT2D eigenvalue weighted by atomic mass is 16.4. The number of nitrogens with zero attached hydrogens (tertiary/aromatic N) is 3. The third kappa shape index (κ3) is 5.88. The molecule has 1 aliphatic rings. The number of piperidine rings is 1. The Kier molecular flexibility index (Phi) is 8.50. The van der Waals surface area contributed by atoms with Crippen LogP contribution >= 0.6 is 0 Å². The lowest BCUT2D eigenvalue weighted by atomic mass is 9.98. The molecule has 1 unspecified atom stereocenters. The number of hydrogen-bond acceptors (Lipinski definition) is 4. The first kappa shape index (κ1) is 28.1. The van der Waals surface area contributed by atoms with Crippen molar-refractivity contribution in [3.63, 3.8) is 0 Å². The average Bonchev–Trinajstić information content (AvgIpc) is 3.01. The molecule has 1 fully saturated rings. The fourth-order valence-corrected chi connectivity index (χ4v) is 5.82. The zero-order valence-corrected chi connectivity index (χ0v) is 23.5. The van der Waals surface area contributed by atoms with Gasteiger partial charge in [-0.05, 0) is 43.0 Å². The van der Waals surface area contributed by atoms with E-state index in [0.717, 1.165) is 5.56 Å². The van der Waals surface area contributed by atoms with Crippen LogP contribution in [0.4, 0.5) is 4.79 Å². The summed E-state index contributed by atoms with van der Waals surface area (Å²) >= 11 is 0. The maximum absolute atomic E-state index is 14.3. The van der Waals surface area contributed by atoms with Crippen molar-refractivity contribution in [2.45, 2.75) is 44.8 Å². The summed E-state index contributed by atoms with van der Waals surface area (Å²) < 4.78 is 1.68. The van der Waals surface area contributed by atoms with Crippen LogP contribution in [0.2, 0.25) is 0 Å². The van der Waals surface area contributed by atoms with E-state index in [1.54, 1.807) is 17.7 Å². The van der Waals surface area contributed by atoms with Crippen molar-refractivity contribution < 1.29 is 14.7 Å². The molecule has 8 heteroatoms. The molecule has 2 N–H and O–H groups in total. The number of benzene rings is 3. The predicted molar refractivity (Wildman–Crippen MR) is 161 cm³/mol. The standard InChI is InChI=1S/C33H36N4O4/c1-3-28(23-12-6-4-7-13-23)34-31(38)30-26-16-10-11-17-27(26)32(39)37(25-14-8-5-9-15-25)29(30)22-36-20-18-24(19-21-36)35(2)33(40)41/h4-17,24,28H,3,18-22H2,1-2H3,(H,34,38)(H,40,41). The summed E-state index contributed by atoms with van der Waals surface area (Å²) in [6, 6.07) is 26.4. The van der Waals surface area contributed by atoms with E-state index in [1.807, 2.05) is 85.8 Å². The van der Waals surface area contributed by atoms with Gasteiger partial charge in [-0.1, -0.05) is 73.7 Å². The van der Waals surface area contributed by atoms with Gasteiger partial charge in [0, 0.05) is 49.2 Å². The van der Waals surface area contributed by atoms with Gasteiger partial charge in [-0.15, -0.1) is 0 Å². The normalized spacial score (nSPS) is 15.0. The summed E-state index contributed by atoms with van der Waals surface area (Å²) in [6.07, 6.45) is 1.14. The average molecular weight is 553 g/mol. The van der Waals surface area contributed by atoms with Crippen molar-refractivity contribution in [3.05, 3.63) is 112 Å². The molecule has 0 saturated carbocycles. The van der Waals surface area contributed by atoms with E-state index in [-0.39, 0.29) is 23.6 Å². The molecule has 5 rings (SSSR count). The van der Waals surface area contributed by atoms with Gasteiger partial charge < -0.3 is 15.3 Å². The number of nitrogens with one attached hydrogen (secondary N) is 1. The summed E-state index contributed by atoms with van der Waals surface area (Å²) in [5, 5.41) is 13.8. The van der Waals surface area contributed by atoms with Crippen LogP contribution in [0, 0.1) is 0 Å². The molecule has 1 atom stereocenters. The third-order valence-corrected chi connectivity index (χ3v) is 8.13. The molecule has 212 valence electrons. The first-order chi connectivity index (χ1) is 19.9. The van der Waals surface area contributed by atoms with Crippen molar-refractivity contribution in [1.82, 2.24) is 19.7 Å². The van der Waals surface area contributed by atoms with E-state index in [0.29, 0.717) is 66.6 Å². The lowest BCUT2D eigenvalue weighted by Gasteiger charge is -2.36. The zero-order valence-electron chi connectivity index (χ0n) is 23.5. The predicted octanol–water partition coefficient (Wildman–Crippen LogP) is 5.45. The van der Waals surface area contributed by atoms with Gasteiger partial charge in [0.2, 0.25) is 0 Å². The lowest BCUT2D eigenvalue weighted by molar-refractivity contribution is 0.0924. The van der Waals surface area contributed by atoms with Crippen LogP contribution < -0.4 is 10.9 Å². The number of pyridine rings is 1. The number of hydrogen-bond donors (Lipinski definition) is 2. The van der Waals surface area contributed by atoms with E-state index in [4.69, 9.17) is 0 Å². The maximum Gasteiger partial charge on any atom is 0.407 e. The summed E-state index contributed by atoms with van der Waals surface area (Å²) in [4.78, 5) is 43.4. The highest BCUT2D eigenvalue weighted by molar-refractivity contribution is 6.08. The van der Waals surface area contributed by atoms with E-state index in [2.05, 4.69) is 10.2 Å². The van der Waals surface area contributed by atoms with E-state index in [9.17, 15) is 19.5 Å². The first-order valence-corrected chi connectivity index (χ1v) is 14.1. The zero-order chi connectivity index (χ0) is 28.9. The SMILES string of the molecule is CCC(NC(=O)c1c(CN2CCC(N(C)C(=O)O)CC2)n(-c2ccccc2)c(=O)c2ccccc12)c1ccccc1. The minimum atomic E-state index is -0.932. The molecule has 0 spiro atoms. The van der Waals surface area contributed by atoms with Gasteiger partial charge in [0.05, 0.1) is 17.3 Å². The fraction of sp³-hybridized carbons (Fsp3) is 0.303.